The molecule has 2 N–H and O–H groups in total. The lowest BCUT2D eigenvalue weighted by atomic mass is 10.2. The Balaban J connectivity index is 1.55. The van der Waals surface area contributed by atoms with Crippen molar-refractivity contribution in [3.05, 3.63) is 52.2 Å². The number of anilines is 1. The van der Waals surface area contributed by atoms with Crippen LogP contribution >= 0.6 is 11.3 Å². The van der Waals surface area contributed by atoms with Gasteiger partial charge >= 0.3 is 0 Å². The van der Waals surface area contributed by atoms with Gasteiger partial charge in [-0.05, 0) is 30.0 Å². The number of halogens is 2. The monoisotopic (exact) mass is 350 g/mol. The molecule has 4 nitrogen and oxygen atoms in total. The molecule has 0 amide bonds. The summed E-state index contributed by atoms with van der Waals surface area (Å²) < 4.78 is 26.9. The van der Waals surface area contributed by atoms with Crippen LogP contribution in [0.2, 0.25) is 0 Å². The number of rotatable bonds is 4. The highest BCUT2D eigenvalue weighted by Gasteiger charge is 2.25. The van der Waals surface area contributed by atoms with Gasteiger partial charge in [-0.25, -0.2) is 8.78 Å². The number of thiophene rings is 1. The van der Waals surface area contributed by atoms with Gasteiger partial charge in [0.1, 0.15) is 11.6 Å². The van der Waals surface area contributed by atoms with E-state index in [1.165, 1.54) is 17.0 Å². The van der Waals surface area contributed by atoms with E-state index in [9.17, 15) is 8.78 Å². The lowest BCUT2D eigenvalue weighted by Gasteiger charge is -2.20. The van der Waals surface area contributed by atoms with Gasteiger partial charge in [-0.3, -0.25) is 4.99 Å². The van der Waals surface area contributed by atoms with E-state index in [0.717, 1.165) is 31.5 Å². The van der Waals surface area contributed by atoms with Crippen molar-refractivity contribution in [1.29, 1.82) is 0 Å². The zero-order valence-electron chi connectivity index (χ0n) is 13.4. The van der Waals surface area contributed by atoms with Crippen molar-refractivity contribution >= 4 is 23.0 Å². The summed E-state index contributed by atoms with van der Waals surface area (Å²) in [6.45, 7) is 2.10. The number of hydrogen-bond donors (Lipinski definition) is 2. The largest absolute Gasteiger partial charge is 0.367 e. The summed E-state index contributed by atoms with van der Waals surface area (Å²) in [5.41, 5.74) is 0.447. The molecule has 0 radical (unpaired) electrons. The summed E-state index contributed by atoms with van der Waals surface area (Å²) >= 11 is 1.69. The molecule has 0 saturated carbocycles. The van der Waals surface area contributed by atoms with Gasteiger partial charge < -0.3 is 15.5 Å². The minimum Gasteiger partial charge on any atom is -0.367 e. The van der Waals surface area contributed by atoms with Gasteiger partial charge in [0.05, 0.1) is 12.2 Å². The molecule has 0 aliphatic carbocycles. The first-order valence-electron chi connectivity index (χ1n) is 7.85. The van der Waals surface area contributed by atoms with E-state index >= 15 is 0 Å². The molecule has 128 valence electrons. The number of nitrogens with one attached hydrogen (secondary N) is 2. The van der Waals surface area contributed by atoms with Crippen LogP contribution in [0.5, 0.6) is 0 Å². The van der Waals surface area contributed by atoms with Crippen LogP contribution in [0.25, 0.3) is 0 Å². The summed E-state index contributed by atoms with van der Waals surface area (Å²) in [5.74, 6) is -0.339. The quantitative estimate of drug-likeness (QED) is 0.658. The Morgan fingerprint density at radius 1 is 1.38 bits per heavy atom. The second kappa shape index (κ2) is 7.61. The lowest BCUT2D eigenvalue weighted by molar-refractivity contribution is 0.580. The molecule has 7 heteroatoms. The number of guanidine groups is 1. The average Bonchev–Trinajstić information content (AvgIpc) is 3.23. The molecular weight excluding hydrogens is 330 g/mol. The van der Waals surface area contributed by atoms with Crippen molar-refractivity contribution in [2.45, 2.75) is 19.0 Å². The fourth-order valence-electron chi connectivity index (χ4n) is 2.81. The average molecular weight is 350 g/mol. The molecule has 3 rings (SSSR count). The molecule has 1 aliphatic rings. The Labute approximate surface area is 144 Å². The molecule has 2 aromatic rings. The Morgan fingerprint density at radius 3 is 2.96 bits per heavy atom. The number of benzene rings is 1. The Bertz CT molecular complexity index is 703. The normalized spacial score (nSPS) is 18.0. The topological polar surface area (TPSA) is 39.7 Å². The molecule has 1 atom stereocenters. The van der Waals surface area contributed by atoms with Gasteiger partial charge in [-0.2, -0.15) is 0 Å². The summed E-state index contributed by atoms with van der Waals surface area (Å²) in [4.78, 5) is 7.40. The Hall–Kier alpha value is -2.15. The van der Waals surface area contributed by atoms with Crippen LogP contribution in [0.15, 0.2) is 40.7 Å². The maximum atomic E-state index is 13.9. The van der Waals surface area contributed by atoms with E-state index in [1.54, 1.807) is 18.4 Å². The maximum Gasteiger partial charge on any atom is 0.191 e. The minimum absolute atomic E-state index is 0.170. The van der Waals surface area contributed by atoms with E-state index in [0.29, 0.717) is 12.2 Å². The molecule has 1 saturated heterocycles. The van der Waals surface area contributed by atoms with Gasteiger partial charge in [0.2, 0.25) is 0 Å². The van der Waals surface area contributed by atoms with Gasteiger partial charge in [0.15, 0.2) is 5.96 Å². The summed E-state index contributed by atoms with van der Waals surface area (Å²) in [6, 6.07) is 7.97. The van der Waals surface area contributed by atoms with E-state index < -0.39 is 11.6 Å². The summed E-state index contributed by atoms with van der Waals surface area (Å²) in [7, 11) is 1.73. The molecule has 1 unspecified atom stereocenters. The van der Waals surface area contributed by atoms with Crippen molar-refractivity contribution in [2.24, 2.45) is 4.99 Å². The minimum atomic E-state index is -0.552. The fourth-order valence-corrected chi connectivity index (χ4v) is 3.45. The van der Waals surface area contributed by atoms with Crippen LogP contribution in [0.3, 0.4) is 0 Å². The summed E-state index contributed by atoms with van der Waals surface area (Å²) in [5, 5.41) is 8.68. The second-order valence-corrected chi connectivity index (χ2v) is 6.71. The first-order chi connectivity index (χ1) is 11.7. The maximum absolute atomic E-state index is 13.9. The number of aliphatic imine (C=N–C) groups is 1. The fraction of sp³-hybridized carbons (Fsp3) is 0.353. The van der Waals surface area contributed by atoms with Gasteiger partial charge in [0.25, 0.3) is 0 Å². The van der Waals surface area contributed by atoms with Gasteiger partial charge in [-0.15, -0.1) is 11.3 Å². The highest BCUT2D eigenvalue weighted by Crippen LogP contribution is 2.24. The van der Waals surface area contributed by atoms with Crippen LogP contribution < -0.4 is 15.5 Å². The number of nitrogens with zero attached hydrogens (tertiary/aromatic N) is 2. The van der Waals surface area contributed by atoms with E-state index in [1.807, 2.05) is 16.3 Å². The highest BCUT2D eigenvalue weighted by atomic mass is 32.1. The van der Waals surface area contributed by atoms with Crippen LogP contribution in [0.1, 0.15) is 11.3 Å². The van der Waals surface area contributed by atoms with Crippen molar-refractivity contribution in [3.63, 3.8) is 0 Å². The predicted molar refractivity (Wildman–Crippen MR) is 94.6 cm³/mol. The summed E-state index contributed by atoms with van der Waals surface area (Å²) in [6.07, 6.45) is 0.872. The first-order valence-corrected chi connectivity index (χ1v) is 8.73. The number of hydrogen-bond acceptors (Lipinski definition) is 3. The molecule has 2 heterocycles. The SMILES string of the molecule is CN=C(NCc1cccs1)NC1CCN(c2ccc(F)cc2F)C1. The van der Waals surface area contributed by atoms with Gasteiger partial charge in [0, 0.05) is 37.1 Å². The smallest absolute Gasteiger partial charge is 0.191 e. The third-order valence-corrected chi connectivity index (χ3v) is 4.89. The third kappa shape index (κ3) is 4.03. The highest BCUT2D eigenvalue weighted by molar-refractivity contribution is 7.09. The molecular formula is C17H20F2N4S. The standard InChI is InChI=1S/C17H20F2N4S/c1-20-17(21-10-14-3-2-8-24-14)22-13-6-7-23(11-13)16-5-4-12(18)9-15(16)19/h2-5,8-9,13H,6-7,10-11H2,1H3,(H2,20,21,22). The molecule has 1 aromatic carbocycles. The lowest BCUT2D eigenvalue weighted by Crippen LogP contribution is -2.44. The van der Waals surface area contributed by atoms with E-state index in [2.05, 4.69) is 21.7 Å². The Morgan fingerprint density at radius 2 is 2.25 bits per heavy atom. The van der Waals surface area contributed by atoms with Gasteiger partial charge in [-0.1, -0.05) is 6.07 Å². The molecule has 0 spiro atoms. The van der Waals surface area contributed by atoms with E-state index in [-0.39, 0.29) is 6.04 Å². The second-order valence-electron chi connectivity index (χ2n) is 5.68. The molecule has 0 bridgehead atoms. The third-order valence-electron chi connectivity index (χ3n) is 4.01. The van der Waals surface area contributed by atoms with Crippen molar-refractivity contribution in [1.82, 2.24) is 10.6 Å². The van der Waals surface area contributed by atoms with Crippen LogP contribution in [0.4, 0.5) is 14.5 Å². The predicted octanol–water partition coefficient (Wildman–Crippen LogP) is 2.97. The van der Waals surface area contributed by atoms with Crippen molar-refractivity contribution in [3.8, 4) is 0 Å². The van der Waals surface area contributed by atoms with Crippen molar-refractivity contribution in [2.75, 3.05) is 25.0 Å². The van der Waals surface area contributed by atoms with Crippen LogP contribution in [-0.2, 0) is 6.54 Å². The zero-order chi connectivity index (χ0) is 16.9. The Kier molecular flexibility index (Phi) is 5.30. The first kappa shape index (κ1) is 16.7. The van der Waals surface area contributed by atoms with Crippen LogP contribution in [-0.4, -0.2) is 32.1 Å². The molecule has 1 aromatic heterocycles. The zero-order valence-corrected chi connectivity index (χ0v) is 14.2. The van der Waals surface area contributed by atoms with E-state index in [4.69, 9.17) is 0 Å². The molecule has 1 aliphatic heterocycles. The van der Waals surface area contributed by atoms with Crippen LogP contribution in [0, 0.1) is 11.6 Å². The molecule has 1 fully saturated rings. The molecule has 24 heavy (non-hydrogen) atoms. The van der Waals surface area contributed by atoms with Crippen molar-refractivity contribution < 1.29 is 8.78 Å².